The molecule has 1 saturated heterocycles. The lowest BCUT2D eigenvalue weighted by atomic mass is 9.91. The molecule has 0 N–H and O–H groups in total. The van der Waals surface area contributed by atoms with E-state index in [1.165, 1.54) is 0 Å². The molecule has 1 amide bonds. The Bertz CT molecular complexity index is 875. The number of aromatic nitrogens is 3. The van der Waals surface area contributed by atoms with Gasteiger partial charge in [-0.05, 0) is 38.3 Å². The highest BCUT2D eigenvalue weighted by molar-refractivity contribution is 5.78. The summed E-state index contributed by atoms with van der Waals surface area (Å²) in [5.74, 6) is 1.24. The molecule has 6 nitrogen and oxygen atoms in total. The van der Waals surface area contributed by atoms with Gasteiger partial charge in [-0.25, -0.2) is 0 Å². The molecule has 2 aromatic rings. The Hall–Kier alpha value is -2.50. The lowest BCUT2D eigenvalue weighted by molar-refractivity contribution is -0.131. The minimum absolute atomic E-state index is 0.106. The second-order valence-electron chi connectivity index (χ2n) is 7.28. The smallest absolute Gasteiger partial charge is 0.276 e. The average Bonchev–Trinajstić information content (AvgIpc) is 3.11. The Labute approximate surface area is 152 Å². The Morgan fingerprint density at radius 3 is 2.96 bits per heavy atom. The van der Waals surface area contributed by atoms with Crippen LogP contribution in [0.5, 0.6) is 0 Å². The summed E-state index contributed by atoms with van der Waals surface area (Å²) in [6.07, 6.45) is 5.94. The molecule has 0 saturated carbocycles. The molecule has 1 atom stereocenters. The fourth-order valence-electron chi connectivity index (χ4n) is 4.27. The van der Waals surface area contributed by atoms with Crippen molar-refractivity contribution in [1.29, 1.82) is 0 Å². The molecule has 2 aliphatic heterocycles. The minimum atomic E-state index is -0.106. The average molecular weight is 352 g/mol. The van der Waals surface area contributed by atoms with Crippen LogP contribution in [0.2, 0.25) is 0 Å². The first kappa shape index (κ1) is 16.9. The number of amides is 1. The van der Waals surface area contributed by atoms with Crippen molar-refractivity contribution in [2.24, 2.45) is 0 Å². The van der Waals surface area contributed by atoms with Crippen molar-refractivity contribution in [2.75, 3.05) is 13.1 Å². The van der Waals surface area contributed by atoms with Gasteiger partial charge in [-0.2, -0.15) is 4.98 Å². The molecule has 0 radical (unpaired) electrons. The van der Waals surface area contributed by atoms with E-state index in [-0.39, 0.29) is 17.4 Å². The number of hydrogen-bond donors (Lipinski definition) is 0. The largest absolute Gasteiger partial charge is 0.342 e. The number of aryl methyl sites for hydroxylation is 1. The summed E-state index contributed by atoms with van der Waals surface area (Å²) in [6.45, 7) is 4.26. The quantitative estimate of drug-likeness (QED) is 0.845. The number of fused-ring (bicyclic) bond motifs is 1. The molecule has 6 heteroatoms. The van der Waals surface area contributed by atoms with Gasteiger partial charge in [0.25, 0.3) is 5.56 Å². The molecule has 136 valence electrons. The van der Waals surface area contributed by atoms with Gasteiger partial charge in [0.2, 0.25) is 5.91 Å². The maximum atomic E-state index is 12.7. The van der Waals surface area contributed by atoms with Gasteiger partial charge in [-0.3, -0.25) is 14.6 Å². The summed E-state index contributed by atoms with van der Waals surface area (Å²) in [7, 11) is 0. The topological polar surface area (TPSA) is 68.1 Å². The number of pyridine rings is 1. The van der Waals surface area contributed by atoms with Crippen LogP contribution in [0.3, 0.4) is 0 Å². The molecule has 0 spiro atoms. The van der Waals surface area contributed by atoms with Gasteiger partial charge in [-0.1, -0.05) is 6.07 Å². The Kier molecular flexibility index (Phi) is 4.57. The van der Waals surface area contributed by atoms with Crippen LogP contribution >= 0.6 is 0 Å². The first-order valence-electron chi connectivity index (χ1n) is 9.41. The van der Waals surface area contributed by atoms with Crippen molar-refractivity contribution in [3.05, 3.63) is 57.5 Å². The van der Waals surface area contributed by atoms with Crippen LogP contribution < -0.4 is 5.56 Å². The van der Waals surface area contributed by atoms with Crippen LogP contribution in [0.1, 0.15) is 48.0 Å². The zero-order valence-corrected chi connectivity index (χ0v) is 15.1. The van der Waals surface area contributed by atoms with Crippen LogP contribution in [0.15, 0.2) is 29.2 Å². The SMILES string of the molecule is Cc1c(C2CCCN(C(=O)Cc3ccccn3)C2)n2c(nc1=O)CCC2. The number of hydrogen-bond acceptors (Lipinski definition) is 4. The summed E-state index contributed by atoms with van der Waals surface area (Å²) in [4.78, 5) is 35.5. The number of nitrogens with zero attached hydrogens (tertiary/aromatic N) is 4. The third-order valence-corrected chi connectivity index (χ3v) is 5.54. The number of carbonyl (C=O) groups is 1. The van der Waals surface area contributed by atoms with Crippen molar-refractivity contribution in [1.82, 2.24) is 19.4 Å². The molecule has 0 aromatic carbocycles. The third kappa shape index (κ3) is 3.16. The van der Waals surface area contributed by atoms with Gasteiger partial charge in [-0.15, -0.1) is 0 Å². The van der Waals surface area contributed by atoms with Crippen LogP contribution in [-0.2, 0) is 24.2 Å². The predicted octanol–water partition coefficient (Wildman–Crippen LogP) is 1.84. The first-order valence-corrected chi connectivity index (χ1v) is 9.41. The van der Waals surface area contributed by atoms with Crippen LogP contribution in [0, 0.1) is 6.92 Å². The maximum Gasteiger partial charge on any atom is 0.276 e. The third-order valence-electron chi connectivity index (χ3n) is 5.54. The zero-order chi connectivity index (χ0) is 18.1. The molecule has 2 aromatic heterocycles. The van der Waals surface area contributed by atoms with E-state index in [2.05, 4.69) is 14.5 Å². The van der Waals surface area contributed by atoms with Crippen molar-refractivity contribution in [3.63, 3.8) is 0 Å². The van der Waals surface area contributed by atoms with Crippen molar-refractivity contribution in [3.8, 4) is 0 Å². The van der Waals surface area contributed by atoms with Gasteiger partial charge >= 0.3 is 0 Å². The first-order chi connectivity index (χ1) is 12.6. The van der Waals surface area contributed by atoms with Gasteiger partial charge in [0.1, 0.15) is 5.82 Å². The molecule has 4 heterocycles. The van der Waals surface area contributed by atoms with E-state index in [9.17, 15) is 9.59 Å². The number of likely N-dealkylation sites (tertiary alicyclic amines) is 1. The molecule has 1 unspecified atom stereocenters. The molecule has 2 aliphatic rings. The van der Waals surface area contributed by atoms with Gasteiger partial charge in [0, 0.05) is 55.1 Å². The Balaban J connectivity index is 1.56. The lowest BCUT2D eigenvalue weighted by Crippen LogP contribution is -2.41. The highest BCUT2D eigenvalue weighted by Gasteiger charge is 2.30. The van der Waals surface area contributed by atoms with Crippen molar-refractivity contribution < 1.29 is 4.79 Å². The number of piperidine rings is 1. The fraction of sp³-hybridized carbons (Fsp3) is 0.500. The zero-order valence-electron chi connectivity index (χ0n) is 15.1. The Morgan fingerprint density at radius 1 is 1.27 bits per heavy atom. The van der Waals surface area contributed by atoms with Gasteiger partial charge < -0.3 is 9.47 Å². The van der Waals surface area contributed by atoms with Crippen LogP contribution in [0.4, 0.5) is 0 Å². The van der Waals surface area contributed by atoms with E-state index >= 15 is 0 Å². The van der Waals surface area contributed by atoms with E-state index in [1.807, 2.05) is 30.0 Å². The second-order valence-corrected chi connectivity index (χ2v) is 7.28. The normalized spacial score (nSPS) is 19.4. The minimum Gasteiger partial charge on any atom is -0.342 e. The highest BCUT2D eigenvalue weighted by Crippen LogP contribution is 2.30. The van der Waals surface area contributed by atoms with E-state index < -0.39 is 0 Å². The highest BCUT2D eigenvalue weighted by atomic mass is 16.2. The standard InChI is InChI=1S/C20H24N4O2/c1-14-19(24-11-5-8-17(24)22-20(14)26)15-6-4-10-23(13-15)18(25)12-16-7-2-3-9-21-16/h2-3,7,9,15H,4-6,8,10-13H2,1H3. The number of carbonyl (C=O) groups excluding carboxylic acids is 1. The second kappa shape index (κ2) is 7.02. The summed E-state index contributed by atoms with van der Waals surface area (Å²) >= 11 is 0. The molecule has 0 aliphatic carbocycles. The van der Waals surface area contributed by atoms with Crippen LogP contribution in [0.25, 0.3) is 0 Å². The van der Waals surface area contributed by atoms with E-state index in [1.54, 1.807) is 6.20 Å². The molecular weight excluding hydrogens is 328 g/mol. The van der Waals surface area contributed by atoms with Crippen molar-refractivity contribution in [2.45, 2.75) is 51.5 Å². The fourth-order valence-corrected chi connectivity index (χ4v) is 4.27. The molecule has 4 rings (SSSR count). The van der Waals surface area contributed by atoms with E-state index in [0.29, 0.717) is 13.0 Å². The van der Waals surface area contributed by atoms with Crippen LogP contribution in [-0.4, -0.2) is 38.4 Å². The van der Waals surface area contributed by atoms with E-state index in [0.717, 1.165) is 61.5 Å². The van der Waals surface area contributed by atoms with Gasteiger partial charge in [0.15, 0.2) is 0 Å². The Morgan fingerprint density at radius 2 is 2.15 bits per heavy atom. The van der Waals surface area contributed by atoms with Crippen molar-refractivity contribution >= 4 is 5.91 Å². The predicted molar refractivity (Wildman–Crippen MR) is 98.1 cm³/mol. The monoisotopic (exact) mass is 352 g/mol. The molecule has 26 heavy (non-hydrogen) atoms. The van der Waals surface area contributed by atoms with E-state index in [4.69, 9.17) is 0 Å². The molecular formula is C20H24N4O2. The maximum absolute atomic E-state index is 12.7. The molecule has 0 bridgehead atoms. The van der Waals surface area contributed by atoms with Gasteiger partial charge in [0.05, 0.1) is 6.42 Å². The lowest BCUT2D eigenvalue weighted by Gasteiger charge is -2.34. The summed E-state index contributed by atoms with van der Waals surface area (Å²) in [5, 5.41) is 0. The summed E-state index contributed by atoms with van der Waals surface area (Å²) in [6, 6.07) is 5.65. The summed E-state index contributed by atoms with van der Waals surface area (Å²) < 4.78 is 2.23. The summed E-state index contributed by atoms with van der Waals surface area (Å²) in [5.41, 5.74) is 2.55. The number of rotatable bonds is 3. The molecule has 1 fully saturated rings.